The summed E-state index contributed by atoms with van der Waals surface area (Å²) in [5.41, 5.74) is 1.60. The summed E-state index contributed by atoms with van der Waals surface area (Å²) in [7, 11) is -1.34. The smallest absolute Gasteiger partial charge is 0.335 e. The van der Waals surface area contributed by atoms with E-state index in [9.17, 15) is 19.2 Å². The highest BCUT2D eigenvalue weighted by Gasteiger charge is 2.21. The lowest BCUT2D eigenvalue weighted by Gasteiger charge is -2.28. The monoisotopic (exact) mass is 406 g/mol. The molecule has 0 radical (unpaired) electrons. The Balaban J connectivity index is 2.02. The summed E-state index contributed by atoms with van der Waals surface area (Å²) in [6, 6.07) is 11.4. The Bertz CT molecular complexity index is 869. The first-order valence-corrected chi connectivity index (χ1v) is 10.3. The summed E-state index contributed by atoms with van der Waals surface area (Å²) in [6.45, 7) is 4.19. The van der Waals surface area contributed by atoms with Crippen LogP contribution in [0.15, 0.2) is 42.5 Å². The fourth-order valence-electron chi connectivity index (χ4n) is 2.88. The van der Waals surface area contributed by atoms with E-state index in [4.69, 9.17) is 5.11 Å². The van der Waals surface area contributed by atoms with Crippen LogP contribution in [0.3, 0.4) is 0 Å². The highest BCUT2D eigenvalue weighted by Crippen LogP contribution is 2.27. The zero-order chi connectivity index (χ0) is 20.9. The van der Waals surface area contributed by atoms with Gasteiger partial charge in [-0.3, -0.25) is 0 Å². The van der Waals surface area contributed by atoms with Gasteiger partial charge in [0.15, 0.2) is 0 Å². The highest BCUT2D eigenvalue weighted by atomic mass is 32.2. The molecule has 0 saturated heterocycles. The number of carboxylic acid groups (broad SMARTS) is 1. The van der Waals surface area contributed by atoms with Gasteiger partial charge in [-0.25, -0.2) is 9.00 Å². The maximum atomic E-state index is 11.3. The maximum absolute atomic E-state index is 11.3. The van der Waals surface area contributed by atoms with Gasteiger partial charge in [0.05, 0.1) is 17.4 Å². The van der Waals surface area contributed by atoms with Gasteiger partial charge in [-0.2, -0.15) is 0 Å². The fourth-order valence-corrected chi connectivity index (χ4v) is 3.35. The van der Waals surface area contributed by atoms with Gasteiger partial charge in [0.1, 0.15) is 16.7 Å². The Hall–Kier alpha value is -2.42. The number of aromatic carboxylic acids is 1. The van der Waals surface area contributed by atoms with Crippen LogP contribution in [0.4, 0.5) is 5.69 Å². The van der Waals surface area contributed by atoms with E-state index in [1.807, 2.05) is 19.9 Å². The summed E-state index contributed by atoms with van der Waals surface area (Å²) in [5, 5.41) is 32.7. The Labute approximate surface area is 167 Å². The number of benzene rings is 2. The normalized spacial score (nSPS) is 13.7. The third kappa shape index (κ3) is 6.33. The molecule has 0 aliphatic rings. The van der Waals surface area contributed by atoms with E-state index in [-0.39, 0.29) is 23.4 Å². The molecule has 7 nitrogen and oxygen atoms in total. The third-order valence-electron chi connectivity index (χ3n) is 4.25. The van der Waals surface area contributed by atoms with Crippen molar-refractivity contribution in [1.29, 1.82) is 0 Å². The van der Waals surface area contributed by atoms with Crippen LogP contribution in [-0.4, -0.2) is 43.8 Å². The molecule has 152 valence electrons. The van der Waals surface area contributed by atoms with Crippen molar-refractivity contribution in [1.82, 2.24) is 5.32 Å². The Morgan fingerprint density at radius 2 is 1.93 bits per heavy atom. The van der Waals surface area contributed by atoms with Gasteiger partial charge in [0.2, 0.25) is 0 Å². The molecule has 5 N–H and O–H groups in total. The van der Waals surface area contributed by atoms with Crippen LogP contribution >= 0.6 is 0 Å². The molecule has 1 unspecified atom stereocenters. The van der Waals surface area contributed by atoms with Crippen molar-refractivity contribution >= 4 is 22.6 Å². The minimum Gasteiger partial charge on any atom is -0.506 e. The van der Waals surface area contributed by atoms with Crippen molar-refractivity contribution in [3.05, 3.63) is 59.2 Å². The van der Waals surface area contributed by atoms with Crippen molar-refractivity contribution in [2.24, 2.45) is 0 Å². The number of hydrogen-bond donors (Lipinski definition) is 5. The first-order chi connectivity index (χ1) is 13.1. The number of anilines is 1. The molecule has 2 rings (SSSR count). The van der Waals surface area contributed by atoms with Gasteiger partial charge in [0, 0.05) is 18.3 Å². The van der Waals surface area contributed by atoms with Crippen LogP contribution < -0.4 is 10.0 Å². The van der Waals surface area contributed by atoms with Gasteiger partial charge in [-0.15, -0.1) is 0 Å². The number of aliphatic hydroxyl groups excluding tert-OH is 1. The van der Waals surface area contributed by atoms with Crippen LogP contribution in [0.5, 0.6) is 5.75 Å². The fraction of sp³-hybridized carbons (Fsp3) is 0.350. The standard InChI is InChI=1S/C20H26N2O5S/c1-20(2,11-13-5-4-6-15(9-13)19(25)26)21-12-18(24)14-7-8-17(23)16(10-14)22-28(3)27/h4-10,18,21-24H,11-12H2,1-3H3,(H,25,26)/t18-,28?/m0/s1. The lowest BCUT2D eigenvalue weighted by atomic mass is 9.93. The largest absolute Gasteiger partial charge is 0.506 e. The second kappa shape index (κ2) is 9.18. The minimum atomic E-state index is -1.34. The van der Waals surface area contributed by atoms with Crippen molar-refractivity contribution in [3.8, 4) is 5.75 Å². The van der Waals surface area contributed by atoms with Crippen LogP contribution in [-0.2, 0) is 17.4 Å². The minimum absolute atomic E-state index is 0.0437. The summed E-state index contributed by atoms with van der Waals surface area (Å²) < 4.78 is 14.0. The molecule has 0 fully saturated rings. The van der Waals surface area contributed by atoms with Crippen LogP contribution in [0.2, 0.25) is 0 Å². The van der Waals surface area contributed by atoms with E-state index >= 15 is 0 Å². The van der Waals surface area contributed by atoms with Crippen LogP contribution in [0, 0.1) is 0 Å². The highest BCUT2D eigenvalue weighted by molar-refractivity contribution is 7.85. The Kier molecular flexibility index (Phi) is 7.17. The number of carboxylic acids is 1. The molecule has 0 saturated carbocycles. The maximum Gasteiger partial charge on any atom is 0.335 e. The number of nitrogens with one attached hydrogen (secondary N) is 2. The number of carbonyl (C=O) groups is 1. The van der Waals surface area contributed by atoms with E-state index in [0.29, 0.717) is 17.7 Å². The molecule has 8 heteroatoms. The summed E-state index contributed by atoms with van der Waals surface area (Å²) in [5.74, 6) is -1.01. The molecular formula is C20H26N2O5S. The van der Waals surface area contributed by atoms with E-state index in [1.165, 1.54) is 12.3 Å². The first kappa shape index (κ1) is 21.9. The number of rotatable bonds is 9. The number of phenolic OH excluding ortho intramolecular Hbond substituents is 1. The van der Waals surface area contributed by atoms with Gasteiger partial charge in [0.25, 0.3) is 0 Å². The van der Waals surface area contributed by atoms with Gasteiger partial charge in [-0.05, 0) is 55.7 Å². The van der Waals surface area contributed by atoms with Crippen molar-refractivity contribution in [2.75, 3.05) is 17.5 Å². The molecule has 2 atom stereocenters. The number of hydrogen-bond acceptors (Lipinski definition) is 5. The topological polar surface area (TPSA) is 119 Å². The Morgan fingerprint density at radius 3 is 2.57 bits per heavy atom. The number of β-amino-alcohol motifs (C(OH)–C–C–N with tert-alkyl or cyclic N) is 1. The molecule has 0 aliphatic heterocycles. The molecule has 0 spiro atoms. The van der Waals surface area contributed by atoms with Crippen LogP contribution in [0.1, 0.15) is 41.4 Å². The molecule has 0 heterocycles. The lowest BCUT2D eigenvalue weighted by Crippen LogP contribution is -2.43. The predicted octanol–water partition coefficient (Wildman–Crippen LogP) is 2.44. The average Bonchev–Trinajstić information content (AvgIpc) is 2.61. The van der Waals surface area contributed by atoms with Crippen molar-refractivity contribution in [3.63, 3.8) is 0 Å². The molecular weight excluding hydrogens is 380 g/mol. The summed E-state index contributed by atoms with van der Waals surface area (Å²) >= 11 is 0. The summed E-state index contributed by atoms with van der Waals surface area (Å²) in [6.07, 6.45) is 1.19. The molecule has 0 bridgehead atoms. The van der Waals surface area contributed by atoms with Gasteiger partial charge < -0.3 is 25.4 Å². The van der Waals surface area contributed by atoms with E-state index in [0.717, 1.165) is 5.56 Å². The second-order valence-electron chi connectivity index (χ2n) is 7.30. The summed E-state index contributed by atoms with van der Waals surface area (Å²) in [4.78, 5) is 11.1. The first-order valence-electron chi connectivity index (χ1n) is 8.76. The number of phenols is 1. The molecule has 0 aliphatic carbocycles. The SMILES string of the molecule is CS(=O)Nc1cc([C@@H](O)CNC(C)(C)Cc2cccc(C(=O)O)c2)ccc1O. The second-order valence-corrected chi connectivity index (χ2v) is 8.41. The number of aromatic hydroxyl groups is 1. The van der Waals surface area contributed by atoms with Crippen molar-refractivity contribution in [2.45, 2.75) is 31.9 Å². The molecule has 2 aromatic rings. The lowest BCUT2D eigenvalue weighted by molar-refractivity contribution is 0.0696. The third-order valence-corrected chi connectivity index (χ3v) is 4.76. The van der Waals surface area contributed by atoms with Crippen LogP contribution in [0.25, 0.3) is 0 Å². The van der Waals surface area contributed by atoms with Gasteiger partial charge >= 0.3 is 5.97 Å². The molecule has 28 heavy (non-hydrogen) atoms. The van der Waals surface area contributed by atoms with E-state index in [1.54, 1.807) is 30.3 Å². The Morgan fingerprint density at radius 1 is 1.21 bits per heavy atom. The predicted molar refractivity (Wildman–Crippen MR) is 110 cm³/mol. The van der Waals surface area contributed by atoms with E-state index < -0.39 is 23.1 Å². The average molecular weight is 407 g/mol. The zero-order valence-electron chi connectivity index (χ0n) is 16.1. The van der Waals surface area contributed by atoms with E-state index in [2.05, 4.69) is 10.0 Å². The quantitative estimate of drug-likeness (QED) is 0.408. The molecule has 2 aromatic carbocycles. The van der Waals surface area contributed by atoms with Gasteiger partial charge in [-0.1, -0.05) is 18.2 Å². The molecule has 0 aromatic heterocycles. The number of aliphatic hydroxyl groups is 1. The molecule has 0 amide bonds. The van der Waals surface area contributed by atoms with Crippen molar-refractivity contribution < 1.29 is 24.3 Å². The zero-order valence-corrected chi connectivity index (χ0v) is 16.9.